The van der Waals surface area contributed by atoms with E-state index in [1.807, 2.05) is 0 Å². The second-order valence-electron chi connectivity index (χ2n) is 5.58. The Morgan fingerprint density at radius 2 is 1.55 bits per heavy atom. The van der Waals surface area contributed by atoms with Gasteiger partial charge in [0.1, 0.15) is 11.4 Å². The number of phenolic OH excluding ortho intramolecular Hbond substituents is 1. The van der Waals surface area contributed by atoms with E-state index in [9.17, 15) is 10.0 Å². The molecular formula is C18H24N2O2. The van der Waals surface area contributed by atoms with Crippen molar-refractivity contribution in [2.45, 2.75) is 27.7 Å². The van der Waals surface area contributed by atoms with Crippen molar-refractivity contribution in [3.8, 4) is 5.75 Å². The fourth-order valence-electron chi connectivity index (χ4n) is 2.21. The van der Waals surface area contributed by atoms with Gasteiger partial charge in [0.15, 0.2) is 0 Å². The van der Waals surface area contributed by atoms with Gasteiger partial charge in [-0.15, -0.1) is 4.91 Å². The summed E-state index contributed by atoms with van der Waals surface area (Å²) < 4.78 is 0. The number of anilines is 1. The third-order valence-electron chi connectivity index (χ3n) is 3.72. The molecule has 0 aliphatic rings. The van der Waals surface area contributed by atoms with Gasteiger partial charge >= 0.3 is 0 Å². The Balaban J connectivity index is 0.000000224. The van der Waals surface area contributed by atoms with E-state index < -0.39 is 0 Å². The molecule has 0 unspecified atom stereocenters. The fourth-order valence-corrected chi connectivity index (χ4v) is 2.21. The maximum Gasteiger partial charge on any atom is 0.121 e. The van der Waals surface area contributed by atoms with Crippen molar-refractivity contribution in [1.29, 1.82) is 0 Å². The molecule has 0 amide bonds. The van der Waals surface area contributed by atoms with Crippen LogP contribution in [0.3, 0.4) is 0 Å². The maximum absolute atomic E-state index is 10.3. The standard InChI is InChI=1S/C9H11NO2.C9H13N/c1-5-4-8(10-12)6(2)7(3)9(5)11;1-8-6-4-5-7-9(8)10(2)3/h4,11H,1-3H3;4-7H,1-3H3. The Hall–Kier alpha value is -2.36. The summed E-state index contributed by atoms with van der Waals surface area (Å²) in [6.07, 6.45) is 0. The van der Waals surface area contributed by atoms with Crippen molar-refractivity contribution >= 4 is 11.4 Å². The molecule has 22 heavy (non-hydrogen) atoms. The number of hydrogen-bond donors (Lipinski definition) is 1. The first kappa shape index (κ1) is 17.7. The molecule has 0 spiro atoms. The van der Waals surface area contributed by atoms with Crippen LogP contribution in [0, 0.1) is 32.6 Å². The minimum absolute atomic E-state index is 0.250. The third-order valence-corrected chi connectivity index (χ3v) is 3.72. The predicted molar refractivity (Wildman–Crippen MR) is 93.3 cm³/mol. The van der Waals surface area contributed by atoms with Crippen molar-refractivity contribution in [2.24, 2.45) is 5.18 Å². The van der Waals surface area contributed by atoms with Gasteiger partial charge in [-0.05, 0) is 67.3 Å². The summed E-state index contributed by atoms with van der Waals surface area (Å²) >= 11 is 0. The van der Waals surface area contributed by atoms with Gasteiger partial charge in [-0.25, -0.2) is 0 Å². The molecule has 0 radical (unpaired) electrons. The highest BCUT2D eigenvalue weighted by molar-refractivity contribution is 5.57. The third kappa shape index (κ3) is 4.07. The number of nitrogens with zero attached hydrogens (tertiary/aromatic N) is 2. The highest BCUT2D eigenvalue weighted by atomic mass is 16.3. The van der Waals surface area contributed by atoms with Crippen LogP contribution in [0.5, 0.6) is 5.75 Å². The lowest BCUT2D eigenvalue weighted by molar-refractivity contribution is 0.466. The van der Waals surface area contributed by atoms with Crippen LogP contribution in [0.4, 0.5) is 11.4 Å². The molecule has 1 N–H and O–H groups in total. The van der Waals surface area contributed by atoms with Gasteiger partial charge in [0.25, 0.3) is 0 Å². The minimum Gasteiger partial charge on any atom is -0.507 e. The van der Waals surface area contributed by atoms with Gasteiger partial charge in [-0.1, -0.05) is 18.2 Å². The number of para-hydroxylation sites is 1. The number of rotatable bonds is 2. The number of aromatic hydroxyl groups is 1. The summed E-state index contributed by atoms with van der Waals surface area (Å²) in [5, 5.41) is 12.3. The molecule has 2 aromatic carbocycles. The molecule has 118 valence electrons. The van der Waals surface area contributed by atoms with Gasteiger partial charge in [-0.2, -0.15) is 0 Å². The molecule has 0 saturated heterocycles. The van der Waals surface area contributed by atoms with Crippen molar-refractivity contribution in [1.82, 2.24) is 0 Å². The first-order valence-electron chi connectivity index (χ1n) is 7.15. The summed E-state index contributed by atoms with van der Waals surface area (Å²) in [6, 6.07) is 9.94. The first-order valence-corrected chi connectivity index (χ1v) is 7.15. The lowest BCUT2D eigenvalue weighted by Gasteiger charge is -2.14. The van der Waals surface area contributed by atoms with Crippen molar-refractivity contribution in [3.05, 3.63) is 57.5 Å². The maximum atomic E-state index is 10.3. The Morgan fingerprint density at radius 3 is 2.00 bits per heavy atom. The Labute approximate surface area is 132 Å². The summed E-state index contributed by atoms with van der Waals surface area (Å²) in [7, 11) is 4.12. The molecule has 0 heterocycles. The van der Waals surface area contributed by atoms with Crippen LogP contribution < -0.4 is 4.90 Å². The van der Waals surface area contributed by atoms with E-state index in [1.165, 1.54) is 11.3 Å². The average molecular weight is 300 g/mol. The zero-order valence-electron chi connectivity index (χ0n) is 14.1. The number of nitroso groups, excluding NO2 is 1. The number of hydrogen-bond acceptors (Lipinski definition) is 4. The highest BCUT2D eigenvalue weighted by Crippen LogP contribution is 2.31. The van der Waals surface area contributed by atoms with E-state index in [-0.39, 0.29) is 5.75 Å². The quantitative estimate of drug-likeness (QED) is 0.812. The molecule has 4 heteroatoms. The molecular weight excluding hydrogens is 276 g/mol. The molecule has 0 aromatic heterocycles. The van der Waals surface area contributed by atoms with Crippen molar-refractivity contribution in [3.63, 3.8) is 0 Å². The molecule has 0 aliphatic heterocycles. The van der Waals surface area contributed by atoms with E-state index in [1.54, 1.807) is 26.8 Å². The van der Waals surface area contributed by atoms with E-state index in [0.717, 1.165) is 11.1 Å². The van der Waals surface area contributed by atoms with Crippen LogP contribution in [0.15, 0.2) is 35.5 Å². The topological polar surface area (TPSA) is 52.9 Å². The predicted octanol–water partition coefficient (Wildman–Crippen LogP) is 4.78. The zero-order valence-corrected chi connectivity index (χ0v) is 14.1. The summed E-state index contributed by atoms with van der Waals surface area (Å²) in [5.74, 6) is 0.250. The number of phenols is 1. The Kier molecular flexibility index (Phi) is 6.11. The molecule has 2 rings (SSSR count). The minimum atomic E-state index is 0.250. The number of aryl methyl sites for hydroxylation is 2. The van der Waals surface area contributed by atoms with E-state index in [0.29, 0.717) is 11.3 Å². The Bertz CT molecular complexity index is 664. The van der Waals surface area contributed by atoms with Crippen molar-refractivity contribution < 1.29 is 5.11 Å². The Morgan fingerprint density at radius 1 is 0.955 bits per heavy atom. The van der Waals surface area contributed by atoms with Crippen LogP contribution >= 0.6 is 0 Å². The number of benzene rings is 2. The van der Waals surface area contributed by atoms with E-state index in [4.69, 9.17) is 0 Å². The van der Waals surface area contributed by atoms with Crippen LogP contribution in [0.2, 0.25) is 0 Å². The molecule has 0 aliphatic carbocycles. The lowest BCUT2D eigenvalue weighted by Crippen LogP contribution is -2.09. The second kappa shape index (κ2) is 7.59. The van der Waals surface area contributed by atoms with Crippen LogP contribution in [0.1, 0.15) is 22.3 Å². The summed E-state index contributed by atoms with van der Waals surface area (Å²) in [5.41, 5.74) is 5.18. The molecule has 0 saturated carbocycles. The van der Waals surface area contributed by atoms with Gasteiger partial charge in [0, 0.05) is 19.8 Å². The van der Waals surface area contributed by atoms with Crippen molar-refractivity contribution in [2.75, 3.05) is 19.0 Å². The smallest absolute Gasteiger partial charge is 0.121 e. The van der Waals surface area contributed by atoms with E-state index >= 15 is 0 Å². The normalized spacial score (nSPS) is 9.73. The van der Waals surface area contributed by atoms with Crippen LogP contribution in [-0.2, 0) is 0 Å². The summed E-state index contributed by atoms with van der Waals surface area (Å²) in [4.78, 5) is 12.4. The fraction of sp³-hybridized carbons (Fsp3) is 0.333. The van der Waals surface area contributed by atoms with Gasteiger partial charge in [0.05, 0.1) is 0 Å². The lowest BCUT2D eigenvalue weighted by atomic mass is 10.0. The van der Waals surface area contributed by atoms with E-state index in [2.05, 4.69) is 55.4 Å². The average Bonchev–Trinajstić information content (AvgIpc) is 2.49. The second-order valence-corrected chi connectivity index (χ2v) is 5.58. The van der Waals surface area contributed by atoms with Gasteiger partial charge in [0.2, 0.25) is 0 Å². The zero-order chi connectivity index (χ0) is 16.9. The molecule has 2 aromatic rings. The molecule has 0 bridgehead atoms. The molecule has 0 atom stereocenters. The summed E-state index contributed by atoms with van der Waals surface area (Å²) in [6.45, 7) is 7.41. The largest absolute Gasteiger partial charge is 0.507 e. The van der Waals surface area contributed by atoms with Crippen LogP contribution in [0.25, 0.3) is 0 Å². The molecule has 0 fully saturated rings. The monoisotopic (exact) mass is 300 g/mol. The highest BCUT2D eigenvalue weighted by Gasteiger charge is 2.08. The molecule has 4 nitrogen and oxygen atoms in total. The first-order chi connectivity index (χ1) is 10.3. The SMILES string of the molecule is Cc1cc(N=O)c(C)c(C)c1O.Cc1ccccc1N(C)C. The van der Waals surface area contributed by atoms with Gasteiger partial charge in [-0.3, -0.25) is 0 Å². The van der Waals surface area contributed by atoms with Gasteiger partial charge < -0.3 is 10.0 Å². The van der Waals surface area contributed by atoms with Crippen LogP contribution in [-0.4, -0.2) is 19.2 Å².